The van der Waals surface area contributed by atoms with Gasteiger partial charge in [0, 0.05) is 30.8 Å². The first-order valence-corrected chi connectivity index (χ1v) is 6.02. The molecular formula is C10H13N3OS. The summed E-state index contributed by atoms with van der Waals surface area (Å²) < 4.78 is 0. The second kappa shape index (κ2) is 4.53. The zero-order chi connectivity index (χ0) is 10.7. The number of carbonyl (C=O) groups is 1. The highest BCUT2D eigenvalue weighted by Crippen LogP contribution is 2.15. The van der Waals surface area contributed by atoms with Crippen molar-refractivity contribution in [2.24, 2.45) is 0 Å². The van der Waals surface area contributed by atoms with Gasteiger partial charge in [-0.15, -0.1) is 0 Å². The van der Waals surface area contributed by atoms with Gasteiger partial charge < -0.3 is 10.6 Å². The molecule has 1 amide bonds. The quantitative estimate of drug-likeness (QED) is 0.767. The number of aromatic nitrogens is 1. The minimum Gasteiger partial charge on any atom is -0.397 e. The van der Waals surface area contributed by atoms with Crippen LogP contribution in [0.25, 0.3) is 0 Å². The highest BCUT2D eigenvalue weighted by Gasteiger charge is 2.20. The number of rotatable bonds is 1. The van der Waals surface area contributed by atoms with Gasteiger partial charge in [0.2, 0.25) is 0 Å². The van der Waals surface area contributed by atoms with Gasteiger partial charge in [-0.25, -0.2) is 4.98 Å². The van der Waals surface area contributed by atoms with Crippen LogP contribution in [0.15, 0.2) is 18.3 Å². The summed E-state index contributed by atoms with van der Waals surface area (Å²) in [5.74, 6) is 1.95. The first-order chi connectivity index (χ1) is 7.29. The Labute approximate surface area is 92.9 Å². The summed E-state index contributed by atoms with van der Waals surface area (Å²) in [5.41, 5.74) is 6.55. The van der Waals surface area contributed by atoms with Gasteiger partial charge in [0.1, 0.15) is 0 Å². The predicted octanol–water partition coefficient (Wildman–Crippen LogP) is 0.853. The van der Waals surface area contributed by atoms with Gasteiger partial charge in [0.05, 0.1) is 5.69 Å². The van der Waals surface area contributed by atoms with Crippen molar-refractivity contribution in [3.8, 4) is 0 Å². The Morgan fingerprint density at radius 1 is 1.47 bits per heavy atom. The molecule has 4 nitrogen and oxygen atoms in total. The number of thioether (sulfide) groups is 1. The fourth-order valence-corrected chi connectivity index (χ4v) is 2.42. The normalized spacial score (nSPS) is 16.4. The molecule has 1 aromatic rings. The van der Waals surface area contributed by atoms with E-state index in [-0.39, 0.29) is 5.91 Å². The van der Waals surface area contributed by atoms with E-state index in [1.807, 2.05) is 16.7 Å². The lowest BCUT2D eigenvalue weighted by atomic mass is 10.2. The number of carbonyl (C=O) groups excluding carboxylic acids is 1. The Morgan fingerprint density at radius 3 is 2.87 bits per heavy atom. The maximum atomic E-state index is 12.0. The molecule has 0 unspecified atom stereocenters. The molecule has 1 fully saturated rings. The van der Waals surface area contributed by atoms with E-state index in [0.717, 1.165) is 24.6 Å². The standard InChI is InChI=1S/C10H13N3OS/c11-8-2-1-3-12-9(8)10(14)13-4-6-15-7-5-13/h1-3H,4-7,11H2. The van der Waals surface area contributed by atoms with Crippen molar-refractivity contribution in [1.29, 1.82) is 0 Å². The van der Waals surface area contributed by atoms with Gasteiger partial charge in [-0.3, -0.25) is 4.79 Å². The number of hydrogen-bond acceptors (Lipinski definition) is 4. The van der Waals surface area contributed by atoms with Crippen LogP contribution in [-0.4, -0.2) is 40.4 Å². The summed E-state index contributed by atoms with van der Waals surface area (Å²) in [7, 11) is 0. The molecule has 1 aliphatic heterocycles. The van der Waals surface area contributed by atoms with Crippen LogP contribution in [-0.2, 0) is 0 Å². The summed E-state index contributed by atoms with van der Waals surface area (Å²) in [6.45, 7) is 1.58. The Balaban J connectivity index is 2.16. The third-order valence-corrected chi connectivity index (χ3v) is 3.28. The average molecular weight is 223 g/mol. The first-order valence-electron chi connectivity index (χ1n) is 4.86. The van der Waals surface area contributed by atoms with Gasteiger partial charge >= 0.3 is 0 Å². The second-order valence-electron chi connectivity index (χ2n) is 3.35. The van der Waals surface area contributed by atoms with Crippen LogP contribution in [0.1, 0.15) is 10.5 Å². The van der Waals surface area contributed by atoms with Crippen molar-refractivity contribution in [2.45, 2.75) is 0 Å². The van der Waals surface area contributed by atoms with Gasteiger partial charge in [0.15, 0.2) is 5.69 Å². The van der Waals surface area contributed by atoms with E-state index >= 15 is 0 Å². The Bertz CT molecular complexity index is 363. The van der Waals surface area contributed by atoms with E-state index < -0.39 is 0 Å². The zero-order valence-corrected chi connectivity index (χ0v) is 9.17. The molecule has 0 saturated carbocycles. The van der Waals surface area contributed by atoms with Crippen molar-refractivity contribution in [2.75, 3.05) is 30.3 Å². The van der Waals surface area contributed by atoms with Crippen molar-refractivity contribution in [1.82, 2.24) is 9.88 Å². The van der Waals surface area contributed by atoms with Gasteiger partial charge in [-0.2, -0.15) is 11.8 Å². The van der Waals surface area contributed by atoms with Crippen LogP contribution in [0.3, 0.4) is 0 Å². The number of nitrogen functional groups attached to an aromatic ring is 1. The number of anilines is 1. The smallest absolute Gasteiger partial charge is 0.274 e. The summed E-state index contributed by atoms with van der Waals surface area (Å²) in [4.78, 5) is 17.8. The topological polar surface area (TPSA) is 59.2 Å². The van der Waals surface area contributed by atoms with Gasteiger partial charge in [0.25, 0.3) is 5.91 Å². The van der Waals surface area contributed by atoms with Crippen molar-refractivity contribution >= 4 is 23.4 Å². The molecule has 1 aliphatic rings. The Morgan fingerprint density at radius 2 is 2.20 bits per heavy atom. The van der Waals surface area contributed by atoms with Crippen LogP contribution >= 0.6 is 11.8 Å². The van der Waals surface area contributed by atoms with Crippen LogP contribution in [0.2, 0.25) is 0 Å². The number of amides is 1. The second-order valence-corrected chi connectivity index (χ2v) is 4.57. The third-order valence-electron chi connectivity index (χ3n) is 2.34. The van der Waals surface area contributed by atoms with Crippen LogP contribution in [0.4, 0.5) is 5.69 Å². The highest BCUT2D eigenvalue weighted by atomic mass is 32.2. The molecule has 5 heteroatoms. The lowest BCUT2D eigenvalue weighted by molar-refractivity contribution is 0.0767. The van der Waals surface area contributed by atoms with Gasteiger partial charge in [-0.05, 0) is 12.1 Å². The molecule has 0 aromatic carbocycles. The monoisotopic (exact) mass is 223 g/mol. The maximum absolute atomic E-state index is 12.0. The molecule has 15 heavy (non-hydrogen) atoms. The van der Waals surface area contributed by atoms with Crippen molar-refractivity contribution in [3.63, 3.8) is 0 Å². The number of nitrogens with two attached hydrogens (primary N) is 1. The Hall–Kier alpha value is -1.23. The van der Waals surface area contributed by atoms with E-state index in [1.165, 1.54) is 0 Å². The van der Waals surface area contributed by atoms with Crippen molar-refractivity contribution < 1.29 is 4.79 Å². The summed E-state index contributed by atoms with van der Waals surface area (Å²) in [6.07, 6.45) is 1.60. The van der Waals surface area contributed by atoms with E-state index in [9.17, 15) is 4.79 Å². The number of pyridine rings is 1. The van der Waals surface area contributed by atoms with Crippen LogP contribution in [0, 0.1) is 0 Å². The molecule has 0 bridgehead atoms. The fourth-order valence-electron chi connectivity index (χ4n) is 1.51. The lowest BCUT2D eigenvalue weighted by Gasteiger charge is -2.26. The van der Waals surface area contributed by atoms with Crippen molar-refractivity contribution in [3.05, 3.63) is 24.0 Å². The highest BCUT2D eigenvalue weighted by molar-refractivity contribution is 7.99. The SMILES string of the molecule is Nc1cccnc1C(=O)N1CCSCC1. The molecule has 80 valence electrons. The van der Waals surface area contributed by atoms with E-state index in [0.29, 0.717) is 11.4 Å². The summed E-state index contributed by atoms with van der Waals surface area (Å²) in [6, 6.07) is 3.44. The molecule has 1 saturated heterocycles. The molecule has 2 N–H and O–H groups in total. The minimum absolute atomic E-state index is 0.0478. The minimum atomic E-state index is -0.0478. The van der Waals surface area contributed by atoms with E-state index in [2.05, 4.69) is 4.98 Å². The van der Waals surface area contributed by atoms with Gasteiger partial charge in [-0.1, -0.05) is 0 Å². The van der Waals surface area contributed by atoms with Crippen LogP contribution in [0.5, 0.6) is 0 Å². The molecular weight excluding hydrogens is 210 g/mol. The molecule has 2 rings (SSSR count). The molecule has 0 spiro atoms. The van der Waals surface area contributed by atoms with E-state index in [1.54, 1.807) is 18.3 Å². The first kappa shape index (κ1) is 10.3. The predicted molar refractivity (Wildman–Crippen MR) is 61.9 cm³/mol. The Kier molecular flexibility index (Phi) is 3.11. The molecule has 0 aliphatic carbocycles. The third kappa shape index (κ3) is 2.23. The molecule has 0 atom stereocenters. The fraction of sp³-hybridized carbons (Fsp3) is 0.400. The molecule has 1 aromatic heterocycles. The number of nitrogens with zero attached hydrogens (tertiary/aromatic N) is 2. The molecule has 2 heterocycles. The number of hydrogen-bond donors (Lipinski definition) is 1. The van der Waals surface area contributed by atoms with Crippen LogP contribution < -0.4 is 5.73 Å². The van der Waals surface area contributed by atoms with E-state index in [4.69, 9.17) is 5.73 Å². The zero-order valence-electron chi connectivity index (χ0n) is 8.35. The molecule has 0 radical (unpaired) electrons. The average Bonchev–Trinajstić information content (AvgIpc) is 2.30. The maximum Gasteiger partial charge on any atom is 0.274 e. The lowest BCUT2D eigenvalue weighted by Crippen LogP contribution is -2.38. The summed E-state index contributed by atoms with van der Waals surface area (Å²) >= 11 is 1.87. The largest absolute Gasteiger partial charge is 0.397 e. The summed E-state index contributed by atoms with van der Waals surface area (Å²) in [5, 5.41) is 0.